The van der Waals surface area contributed by atoms with Crippen LogP contribution in [-0.4, -0.2) is 6.04 Å². The van der Waals surface area contributed by atoms with E-state index in [2.05, 4.69) is 19.3 Å². The lowest BCUT2D eigenvalue weighted by molar-refractivity contribution is 0.357. The van der Waals surface area contributed by atoms with Gasteiger partial charge in [-0.15, -0.1) is 0 Å². The summed E-state index contributed by atoms with van der Waals surface area (Å²) in [6, 6.07) is 4.66. The third kappa shape index (κ3) is 4.26. The summed E-state index contributed by atoms with van der Waals surface area (Å²) >= 11 is 6.00. The zero-order valence-corrected chi connectivity index (χ0v) is 11.1. The normalized spacial score (nSPS) is 14.6. The van der Waals surface area contributed by atoms with Crippen LogP contribution in [0.15, 0.2) is 18.2 Å². The van der Waals surface area contributed by atoms with Crippen molar-refractivity contribution in [3.63, 3.8) is 0 Å². The number of nitrogens with two attached hydrogens (primary N) is 1. The fourth-order valence-corrected chi connectivity index (χ4v) is 2.25. The van der Waals surface area contributed by atoms with Crippen LogP contribution in [0.1, 0.15) is 32.3 Å². The first-order chi connectivity index (χ1) is 8.08. The molecule has 0 aliphatic carbocycles. The maximum absolute atomic E-state index is 12.9. The van der Waals surface area contributed by atoms with E-state index in [1.165, 1.54) is 12.1 Å². The van der Waals surface area contributed by atoms with E-state index in [0.717, 1.165) is 24.8 Å². The van der Waals surface area contributed by atoms with E-state index in [4.69, 9.17) is 17.4 Å². The molecule has 0 fully saturated rings. The molecule has 0 amide bonds. The van der Waals surface area contributed by atoms with Crippen LogP contribution in [-0.2, 0) is 6.42 Å². The average Bonchev–Trinajstić information content (AvgIpc) is 2.28. The number of rotatable bonds is 6. The fraction of sp³-hybridized carbons (Fsp3) is 0.538. The quantitative estimate of drug-likeness (QED) is 0.607. The van der Waals surface area contributed by atoms with Gasteiger partial charge in [-0.25, -0.2) is 4.39 Å². The molecular formula is C13H20ClFN2. The highest BCUT2D eigenvalue weighted by molar-refractivity contribution is 6.31. The van der Waals surface area contributed by atoms with E-state index in [9.17, 15) is 4.39 Å². The number of benzene rings is 1. The zero-order valence-electron chi connectivity index (χ0n) is 10.3. The Bertz CT molecular complexity index is 357. The van der Waals surface area contributed by atoms with Crippen molar-refractivity contribution >= 4 is 11.6 Å². The molecule has 3 N–H and O–H groups in total. The van der Waals surface area contributed by atoms with Crippen LogP contribution in [0.5, 0.6) is 0 Å². The second-order valence-corrected chi connectivity index (χ2v) is 4.89. The summed E-state index contributed by atoms with van der Waals surface area (Å²) in [5, 5.41) is 0.467. The van der Waals surface area contributed by atoms with Crippen LogP contribution in [0.3, 0.4) is 0 Å². The molecule has 0 heterocycles. The van der Waals surface area contributed by atoms with E-state index < -0.39 is 0 Å². The molecule has 0 aliphatic rings. The smallest absolute Gasteiger partial charge is 0.124 e. The molecule has 1 aromatic rings. The van der Waals surface area contributed by atoms with Crippen molar-refractivity contribution in [3.05, 3.63) is 34.6 Å². The van der Waals surface area contributed by atoms with E-state index >= 15 is 0 Å². The van der Waals surface area contributed by atoms with Crippen LogP contribution in [0.2, 0.25) is 5.02 Å². The molecule has 2 nitrogen and oxygen atoms in total. The van der Waals surface area contributed by atoms with E-state index in [1.807, 2.05) is 0 Å². The third-order valence-corrected chi connectivity index (χ3v) is 3.45. The van der Waals surface area contributed by atoms with Crippen molar-refractivity contribution < 1.29 is 4.39 Å². The number of hydrogen-bond acceptors (Lipinski definition) is 2. The highest BCUT2D eigenvalue weighted by Gasteiger charge is 2.17. The largest absolute Gasteiger partial charge is 0.271 e. The molecule has 0 aliphatic heterocycles. The molecule has 0 saturated carbocycles. The highest BCUT2D eigenvalue weighted by Crippen LogP contribution is 2.21. The van der Waals surface area contributed by atoms with Gasteiger partial charge in [0.05, 0.1) is 0 Å². The van der Waals surface area contributed by atoms with Crippen molar-refractivity contribution in [1.82, 2.24) is 5.43 Å². The number of hydrogen-bond donors (Lipinski definition) is 2. The molecule has 0 saturated heterocycles. The molecule has 0 aromatic heterocycles. The van der Waals surface area contributed by atoms with Gasteiger partial charge in [-0.05, 0) is 36.5 Å². The van der Waals surface area contributed by atoms with Gasteiger partial charge in [0.15, 0.2) is 0 Å². The van der Waals surface area contributed by atoms with Gasteiger partial charge in [-0.1, -0.05) is 37.9 Å². The second-order valence-electron chi connectivity index (χ2n) is 4.48. The van der Waals surface area contributed by atoms with E-state index in [1.54, 1.807) is 6.07 Å². The topological polar surface area (TPSA) is 38.0 Å². The molecule has 2 atom stereocenters. The Hall–Kier alpha value is -0.640. The van der Waals surface area contributed by atoms with Crippen molar-refractivity contribution in [3.8, 4) is 0 Å². The van der Waals surface area contributed by atoms with Crippen LogP contribution in [0.25, 0.3) is 0 Å². The van der Waals surface area contributed by atoms with Crippen LogP contribution in [0.4, 0.5) is 4.39 Å². The molecule has 17 heavy (non-hydrogen) atoms. The minimum atomic E-state index is -0.308. The molecule has 0 bridgehead atoms. The standard InChI is InChI=1S/C13H20ClFN2/c1-3-4-9(2)13(17-16)7-10-5-6-11(15)8-12(10)14/h5-6,8-9,13,17H,3-4,7,16H2,1-2H3. The predicted molar refractivity (Wildman–Crippen MR) is 70.3 cm³/mol. The van der Waals surface area contributed by atoms with Gasteiger partial charge in [-0.3, -0.25) is 11.3 Å². The maximum atomic E-state index is 12.9. The summed E-state index contributed by atoms with van der Waals surface area (Å²) in [6.45, 7) is 4.31. The Morgan fingerprint density at radius 1 is 1.47 bits per heavy atom. The van der Waals surface area contributed by atoms with Crippen molar-refractivity contribution in [2.45, 2.75) is 39.2 Å². The van der Waals surface area contributed by atoms with Crippen LogP contribution >= 0.6 is 11.6 Å². The first kappa shape index (κ1) is 14.4. The molecule has 1 aromatic carbocycles. The monoisotopic (exact) mass is 258 g/mol. The minimum Gasteiger partial charge on any atom is -0.271 e. The van der Waals surface area contributed by atoms with Crippen LogP contribution < -0.4 is 11.3 Å². The SMILES string of the molecule is CCCC(C)C(Cc1ccc(F)cc1Cl)NN. The Balaban J connectivity index is 2.73. The Kier molecular flexibility index (Phi) is 5.89. The number of hydrazine groups is 1. The van der Waals surface area contributed by atoms with Crippen molar-refractivity contribution in [2.75, 3.05) is 0 Å². The predicted octanol–water partition coefficient (Wildman–Crippen LogP) is 3.29. The van der Waals surface area contributed by atoms with Gasteiger partial charge in [0.25, 0.3) is 0 Å². The van der Waals surface area contributed by atoms with Gasteiger partial charge in [0, 0.05) is 11.1 Å². The molecule has 1 rings (SSSR count). The lowest BCUT2D eigenvalue weighted by Gasteiger charge is -2.23. The van der Waals surface area contributed by atoms with Gasteiger partial charge < -0.3 is 0 Å². The Labute approximate surface area is 107 Å². The van der Waals surface area contributed by atoms with Gasteiger partial charge in [0.2, 0.25) is 0 Å². The molecule has 4 heteroatoms. The van der Waals surface area contributed by atoms with Gasteiger partial charge in [-0.2, -0.15) is 0 Å². The summed E-state index contributed by atoms with van der Waals surface area (Å²) in [5.41, 5.74) is 3.75. The molecule has 2 unspecified atom stereocenters. The maximum Gasteiger partial charge on any atom is 0.124 e. The second kappa shape index (κ2) is 6.94. The van der Waals surface area contributed by atoms with E-state index in [-0.39, 0.29) is 11.9 Å². The summed E-state index contributed by atoms with van der Waals surface area (Å²) in [7, 11) is 0. The number of halogens is 2. The Morgan fingerprint density at radius 2 is 2.18 bits per heavy atom. The first-order valence-electron chi connectivity index (χ1n) is 5.98. The molecule has 0 spiro atoms. The van der Waals surface area contributed by atoms with E-state index in [0.29, 0.717) is 10.9 Å². The average molecular weight is 259 g/mol. The fourth-order valence-electron chi connectivity index (χ4n) is 2.01. The van der Waals surface area contributed by atoms with Crippen LogP contribution in [0, 0.1) is 11.7 Å². The summed E-state index contributed by atoms with van der Waals surface area (Å²) < 4.78 is 12.9. The summed E-state index contributed by atoms with van der Waals surface area (Å²) in [5.74, 6) is 5.72. The Morgan fingerprint density at radius 3 is 2.71 bits per heavy atom. The zero-order chi connectivity index (χ0) is 12.8. The molecule has 0 radical (unpaired) electrons. The lowest BCUT2D eigenvalue weighted by Crippen LogP contribution is -2.41. The van der Waals surface area contributed by atoms with Gasteiger partial charge in [0.1, 0.15) is 5.82 Å². The number of nitrogens with one attached hydrogen (secondary N) is 1. The first-order valence-corrected chi connectivity index (χ1v) is 6.36. The summed E-state index contributed by atoms with van der Waals surface area (Å²) in [4.78, 5) is 0. The molecular weight excluding hydrogens is 239 g/mol. The van der Waals surface area contributed by atoms with Gasteiger partial charge >= 0.3 is 0 Å². The van der Waals surface area contributed by atoms with Crippen molar-refractivity contribution in [1.29, 1.82) is 0 Å². The summed E-state index contributed by atoms with van der Waals surface area (Å²) in [6.07, 6.45) is 2.95. The van der Waals surface area contributed by atoms with Crippen molar-refractivity contribution in [2.24, 2.45) is 11.8 Å². The lowest BCUT2D eigenvalue weighted by atomic mass is 9.92. The third-order valence-electron chi connectivity index (χ3n) is 3.10. The molecule has 96 valence electrons. The highest BCUT2D eigenvalue weighted by atomic mass is 35.5. The minimum absolute atomic E-state index is 0.165.